The van der Waals surface area contributed by atoms with Crippen molar-refractivity contribution in [1.82, 2.24) is 0 Å². The Balaban J connectivity index is 1.85. The van der Waals surface area contributed by atoms with Crippen LogP contribution in [-0.2, 0) is 0 Å². The lowest BCUT2D eigenvalue weighted by Gasteiger charge is -2.42. The van der Waals surface area contributed by atoms with Crippen LogP contribution in [-0.4, -0.2) is 18.9 Å². The van der Waals surface area contributed by atoms with Crippen LogP contribution in [0.25, 0.3) is 0 Å². The quantitative estimate of drug-likeness (QED) is 0.645. The monoisotopic (exact) mass is 291 g/mol. The smallest absolute Gasteiger partial charge is 0.124 e. The van der Waals surface area contributed by atoms with Crippen LogP contribution in [0.15, 0.2) is 18.2 Å². The molecule has 1 saturated heterocycles. The highest BCUT2D eigenvalue weighted by Crippen LogP contribution is 2.38. The molecule has 0 bridgehead atoms. The summed E-state index contributed by atoms with van der Waals surface area (Å²) < 4.78 is 0. The lowest BCUT2D eigenvalue weighted by molar-refractivity contribution is 0.202. The van der Waals surface area contributed by atoms with Crippen LogP contribution < -0.4 is 10.6 Å². The first-order chi connectivity index (χ1) is 9.65. The number of piperidine rings is 1. The molecule has 2 unspecified atom stereocenters. The third kappa shape index (κ3) is 2.64. The van der Waals surface area contributed by atoms with Gasteiger partial charge in [-0.15, -0.1) is 0 Å². The number of hydrogen-bond acceptors (Lipinski definition) is 2. The molecule has 0 amide bonds. The first-order valence-corrected chi connectivity index (χ1v) is 7.92. The summed E-state index contributed by atoms with van der Waals surface area (Å²) in [6, 6.07) is 5.64. The number of nitrogen functional groups attached to an aromatic ring is 1. The summed E-state index contributed by atoms with van der Waals surface area (Å²) in [5, 5.41) is 8.47. The minimum atomic E-state index is 0.127. The van der Waals surface area contributed by atoms with E-state index < -0.39 is 0 Å². The van der Waals surface area contributed by atoms with Crippen molar-refractivity contribution in [2.24, 2.45) is 17.6 Å². The molecule has 3 nitrogen and oxygen atoms in total. The van der Waals surface area contributed by atoms with E-state index in [1.807, 2.05) is 18.2 Å². The summed E-state index contributed by atoms with van der Waals surface area (Å²) in [5.41, 5.74) is 7.56. The Labute approximate surface area is 125 Å². The molecule has 1 saturated carbocycles. The van der Waals surface area contributed by atoms with Gasteiger partial charge in [-0.05, 0) is 42.9 Å². The van der Waals surface area contributed by atoms with Crippen molar-refractivity contribution >= 4 is 23.1 Å². The van der Waals surface area contributed by atoms with Crippen LogP contribution in [0.4, 0.5) is 5.69 Å². The second-order valence-corrected chi connectivity index (χ2v) is 6.55. The van der Waals surface area contributed by atoms with Crippen LogP contribution in [0.1, 0.15) is 37.7 Å². The number of amidine groups is 1. The van der Waals surface area contributed by atoms with Gasteiger partial charge in [-0.1, -0.05) is 30.9 Å². The highest BCUT2D eigenvalue weighted by Gasteiger charge is 2.31. The molecule has 1 heterocycles. The van der Waals surface area contributed by atoms with E-state index in [1.54, 1.807) is 0 Å². The highest BCUT2D eigenvalue weighted by atomic mass is 35.5. The molecule has 20 heavy (non-hydrogen) atoms. The van der Waals surface area contributed by atoms with Crippen LogP contribution >= 0.6 is 11.6 Å². The van der Waals surface area contributed by atoms with Crippen molar-refractivity contribution < 1.29 is 0 Å². The van der Waals surface area contributed by atoms with Gasteiger partial charge in [0.05, 0.1) is 0 Å². The maximum atomic E-state index is 7.76. The molecule has 3 rings (SSSR count). The van der Waals surface area contributed by atoms with E-state index in [0.717, 1.165) is 41.2 Å². The van der Waals surface area contributed by atoms with Gasteiger partial charge in [-0.3, -0.25) is 5.41 Å². The Kier molecular flexibility index (Phi) is 3.88. The van der Waals surface area contributed by atoms with Gasteiger partial charge < -0.3 is 10.6 Å². The average Bonchev–Trinajstić information content (AvgIpc) is 2.46. The van der Waals surface area contributed by atoms with E-state index in [2.05, 4.69) is 4.90 Å². The molecule has 2 atom stereocenters. The van der Waals surface area contributed by atoms with Gasteiger partial charge >= 0.3 is 0 Å². The van der Waals surface area contributed by atoms with Gasteiger partial charge in [0, 0.05) is 29.4 Å². The third-order valence-electron chi connectivity index (χ3n) is 4.88. The Morgan fingerprint density at radius 1 is 1.20 bits per heavy atom. The maximum absolute atomic E-state index is 7.76. The number of anilines is 1. The maximum Gasteiger partial charge on any atom is 0.124 e. The molecule has 108 valence electrons. The van der Waals surface area contributed by atoms with Crippen molar-refractivity contribution in [3.05, 3.63) is 28.8 Å². The van der Waals surface area contributed by atoms with Crippen LogP contribution in [0.2, 0.25) is 5.02 Å². The predicted molar refractivity (Wildman–Crippen MR) is 84.7 cm³/mol. The topological polar surface area (TPSA) is 53.1 Å². The molecule has 0 radical (unpaired) electrons. The zero-order valence-electron chi connectivity index (χ0n) is 11.7. The molecule has 3 N–H and O–H groups in total. The number of nitrogens with two attached hydrogens (primary N) is 1. The molecule has 1 aliphatic heterocycles. The first-order valence-electron chi connectivity index (χ1n) is 7.54. The summed E-state index contributed by atoms with van der Waals surface area (Å²) in [6.07, 6.45) is 6.76. The van der Waals surface area contributed by atoms with Crippen molar-refractivity contribution in [2.45, 2.75) is 32.1 Å². The minimum absolute atomic E-state index is 0.127. The molecule has 0 spiro atoms. The summed E-state index contributed by atoms with van der Waals surface area (Å²) in [6.45, 7) is 2.15. The largest absolute Gasteiger partial charge is 0.384 e. The average molecular weight is 292 g/mol. The normalized spacial score (nSPS) is 26.1. The Morgan fingerprint density at radius 2 is 1.95 bits per heavy atom. The Bertz CT molecular complexity index is 514. The molecule has 4 heteroatoms. The van der Waals surface area contributed by atoms with Gasteiger partial charge in [-0.2, -0.15) is 0 Å². The van der Waals surface area contributed by atoms with Crippen LogP contribution in [0, 0.1) is 17.2 Å². The summed E-state index contributed by atoms with van der Waals surface area (Å²) >= 11 is 6.14. The number of rotatable bonds is 2. The fourth-order valence-electron chi connectivity index (χ4n) is 3.81. The zero-order valence-corrected chi connectivity index (χ0v) is 12.5. The number of benzene rings is 1. The molecule has 1 aromatic rings. The molecule has 0 aromatic heterocycles. The van der Waals surface area contributed by atoms with E-state index in [-0.39, 0.29) is 5.84 Å². The van der Waals surface area contributed by atoms with Crippen molar-refractivity contribution in [1.29, 1.82) is 5.41 Å². The first kappa shape index (κ1) is 13.7. The zero-order chi connectivity index (χ0) is 14.1. The van der Waals surface area contributed by atoms with Crippen molar-refractivity contribution in [3.8, 4) is 0 Å². The summed E-state index contributed by atoms with van der Waals surface area (Å²) in [7, 11) is 0. The van der Waals surface area contributed by atoms with Gasteiger partial charge in [-0.25, -0.2) is 0 Å². The summed E-state index contributed by atoms with van der Waals surface area (Å²) in [5.74, 6) is 1.83. The molecule has 1 aromatic carbocycles. The molecule has 1 aliphatic carbocycles. The van der Waals surface area contributed by atoms with E-state index in [1.165, 1.54) is 32.1 Å². The van der Waals surface area contributed by atoms with Gasteiger partial charge in [0.25, 0.3) is 0 Å². The second kappa shape index (κ2) is 5.65. The molecule has 2 aliphatic rings. The van der Waals surface area contributed by atoms with Gasteiger partial charge in [0.1, 0.15) is 5.84 Å². The SMILES string of the molecule is N=C(N)c1ccc(Cl)cc1N1CCC2CCCCC2C1. The standard InChI is InChI=1S/C16H22ClN3/c17-13-5-6-14(16(18)19)15(9-13)20-8-7-11-3-1-2-4-12(11)10-20/h5-6,9,11-12H,1-4,7-8,10H2,(H3,18,19). The second-order valence-electron chi connectivity index (χ2n) is 6.11. The van der Waals surface area contributed by atoms with Crippen LogP contribution in [0.5, 0.6) is 0 Å². The Hall–Kier alpha value is -1.22. The third-order valence-corrected chi connectivity index (χ3v) is 5.12. The van der Waals surface area contributed by atoms with Gasteiger partial charge in [0.2, 0.25) is 0 Å². The lowest BCUT2D eigenvalue weighted by Crippen LogP contribution is -2.42. The highest BCUT2D eigenvalue weighted by molar-refractivity contribution is 6.31. The van der Waals surface area contributed by atoms with E-state index in [0.29, 0.717) is 0 Å². The fourth-order valence-corrected chi connectivity index (χ4v) is 3.98. The molecular weight excluding hydrogens is 270 g/mol. The van der Waals surface area contributed by atoms with E-state index in [9.17, 15) is 0 Å². The van der Waals surface area contributed by atoms with Crippen molar-refractivity contribution in [2.75, 3.05) is 18.0 Å². The number of nitrogens with one attached hydrogen (secondary N) is 1. The Morgan fingerprint density at radius 3 is 2.70 bits per heavy atom. The number of fused-ring (bicyclic) bond motifs is 1. The minimum Gasteiger partial charge on any atom is -0.384 e. The predicted octanol–water partition coefficient (Wildman–Crippen LogP) is 3.64. The number of nitrogens with zero attached hydrogens (tertiary/aromatic N) is 1. The summed E-state index contributed by atoms with van der Waals surface area (Å²) in [4.78, 5) is 2.38. The lowest BCUT2D eigenvalue weighted by atomic mass is 9.75. The number of hydrogen-bond donors (Lipinski definition) is 2. The van der Waals surface area contributed by atoms with E-state index in [4.69, 9.17) is 22.7 Å². The number of halogens is 1. The fraction of sp³-hybridized carbons (Fsp3) is 0.562. The van der Waals surface area contributed by atoms with Crippen molar-refractivity contribution in [3.63, 3.8) is 0 Å². The van der Waals surface area contributed by atoms with E-state index >= 15 is 0 Å². The molecular formula is C16H22ClN3. The van der Waals surface area contributed by atoms with Gasteiger partial charge in [0.15, 0.2) is 0 Å². The van der Waals surface area contributed by atoms with Crippen LogP contribution in [0.3, 0.4) is 0 Å². The molecule has 2 fully saturated rings.